The average Bonchev–Trinajstić information content (AvgIpc) is 3.29. The number of amides is 1. The summed E-state index contributed by atoms with van der Waals surface area (Å²) in [6, 6.07) is 18.6. The van der Waals surface area contributed by atoms with Crippen LogP contribution in [-0.2, 0) is 4.79 Å². The Labute approximate surface area is 227 Å². The first-order valence-corrected chi connectivity index (χ1v) is 13.8. The molecule has 3 heterocycles. The number of carbonyl (C=O) groups excluding carboxylic acids is 1. The highest BCUT2D eigenvalue weighted by Crippen LogP contribution is 2.62. The lowest BCUT2D eigenvalue weighted by atomic mass is 9.51. The fourth-order valence-electron chi connectivity index (χ4n) is 6.80. The third-order valence-electron chi connectivity index (χ3n) is 8.92. The standard InChI is InChI=1S/C30H33N7O2/c1-20(38)35-11-13-36(14-12-35)22-15-30(16-22)17-23(18-30)37-29-26(28(31)32-19-33-29)27(34-37)21-7-9-25(10-8-21)39-24-5-3-2-4-6-24/h2-10,19,22-23H,11-18H2,1H3,(H2,31,32,33). The molecule has 1 spiro atoms. The monoisotopic (exact) mass is 523 g/mol. The number of benzene rings is 2. The van der Waals surface area contributed by atoms with Gasteiger partial charge in [-0.1, -0.05) is 18.2 Å². The van der Waals surface area contributed by atoms with E-state index in [1.54, 1.807) is 6.92 Å². The number of anilines is 1. The van der Waals surface area contributed by atoms with Gasteiger partial charge in [-0.05, 0) is 67.5 Å². The van der Waals surface area contributed by atoms with Crippen molar-refractivity contribution in [3.8, 4) is 22.8 Å². The van der Waals surface area contributed by atoms with Crippen molar-refractivity contribution in [3.05, 3.63) is 60.9 Å². The van der Waals surface area contributed by atoms with Gasteiger partial charge in [0.05, 0.1) is 11.4 Å². The summed E-state index contributed by atoms with van der Waals surface area (Å²) in [5.41, 5.74) is 9.34. The smallest absolute Gasteiger partial charge is 0.219 e. The van der Waals surface area contributed by atoms with Crippen LogP contribution in [0.5, 0.6) is 11.5 Å². The molecule has 1 amide bonds. The highest BCUT2D eigenvalue weighted by atomic mass is 16.5. The van der Waals surface area contributed by atoms with E-state index < -0.39 is 0 Å². The van der Waals surface area contributed by atoms with Crippen molar-refractivity contribution in [2.75, 3.05) is 31.9 Å². The Bertz CT molecular complexity index is 1500. The van der Waals surface area contributed by atoms with E-state index in [9.17, 15) is 4.79 Å². The van der Waals surface area contributed by atoms with Gasteiger partial charge in [0.1, 0.15) is 29.3 Å². The summed E-state index contributed by atoms with van der Waals surface area (Å²) >= 11 is 0. The number of hydrogen-bond acceptors (Lipinski definition) is 7. The van der Waals surface area contributed by atoms with Gasteiger partial charge in [0, 0.05) is 44.7 Å². The van der Waals surface area contributed by atoms with E-state index in [0.29, 0.717) is 23.3 Å². The van der Waals surface area contributed by atoms with E-state index in [1.165, 1.54) is 19.2 Å². The predicted octanol–water partition coefficient (Wildman–Crippen LogP) is 4.52. The number of carbonyl (C=O) groups is 1. The zero-order valence-corrected chi connectivity index (χ0v) is 22.2. The number of hydrogen-bond donors (Lipinski definition) is 1. The molecule has 39 heavy (non-hydrogen) atoms. The lowest BCUT2D eigenvalue weighted by molar-refractivity contribution is -0.133. The molecule has 0 radical (unpaired) electrons. The third-order valence-corrected chi connectivity index (χ3v) is 8.92. The second-order valence-corrected chi connectivity index (χ2v) is 11.4. The van der Waals surface area contributed by atoms with Crippen LogP contribution in [0, 0.1) is 5.41 Å². The number of nitrogens with two attached hydrogens (primary N) is 1. The molecule has 7 rings (SSSR count). The Morgan fingerprint density at radius 1 is 0.897 bits per heavy atom. The minimum Gasteiger partial charge on any atom is -0.457 e. The van der Waals surface area contributed by atoms with Gasteiger partial charge in [-0.3, -0.25) is 9.69 Å². The number of para-hydroxylation sites is 1. The number of ether oxygens (including phenoxy) is 1. The summed E-state index contributed by atoms with van der Waals surface area (Å²) < 4.78 is 8.05. The molecule has 3 fully saturated rings. The maximum atomic E-state index is 11.7. The number of nitrogen functional groups attached to an aromatic ring is 1. The first kappa shape index (κ1) is 24.1. The summed E-state index contributed by atoms with van der Waals surface area (Å²) in [4.78, 5) is 25.1. The number of piperazine rings is 1. The predicted molar refractivity (Wildman–Crippen MR) is 149 cm³/mol. The van der Waals surface area contributed by atoms with Gasteiger partial charge in [0.15, 0.2) is 5.65 Å². The van der Waals surface area contributed by atoms with Gasteiger partial charge in [-0.25, -0.2) is 14.6 Å². The zero-order chi connectivity index (χ0) is 26.6. The molecule has 4 aromatic rings. The van der Waals surface area contributed by atoms with Gasteiger partial charge in [-0.15, -0.1) is 0 Å². The molecule has 3 aliphatic rings. The number of rotatable bonds is 5. The number of aromatic nitrogens is 4. The van der Waals surface area contributed by atoms with Gasteiger partial charge in [0.25, 0.3) is 0 Å². The minimum absolute atomic E-state index is 0.188. The Hall–Kier alpha value is -3.98. The molecule has 2 N–H and O–H groups in total. The van der Waals surface area contributed by atoms with E-state index in [0.717, 1.165) is 72.8 Å². The fourth-order valence-corrected chi connectivity index (χ4v) is 6.80. The lowest BCUT2D eigenvalue weighted by Gasteiger charge is -2.60. The van der Waals surface area contributed by atoms with E-state index in [2.05, 4.69) is 19.5 Å². The molecule has 0 unspecified atom stereocenters. The van der Waals surface area contributed by atoms with Crippen LogP contribution >= 0.6 is 0 Å². The summed E-state index contributed by atoms with van der Waals surface area (Å²) in [5, 5.41) is 5.87. The molecular weight excluding hydrogens is 490 g/mol. The number of fused-ring (bicyclic) bond motifs is 1. The molecule has 1 saturated heterocycles. The van der Waals surface area contributed by atoms with Crippen LogP contribution in [-0.4, -0.2) is 67.7 Å². The summed E-state index contributed by atoms with van der Waals surface area (Å²) in [6.07, 6.45) is 6.22. The van der Waals surface area contributed by atoms with Crippen LogP contribution in [0.2, 0.25) is 0 Å². The van der Waals surface area contributed by atoms with Crippen LogP contribution in [0.15, 0.2) is 60.9 Å². The van der Waals surface area contributed by atoms with Crippen molar-refractivity contribution in [1.29, 1.82) is 0 Å². The first-order chi connectivity index (χ1) is 19.0. The molecule has 2 aromatic carbocycles. The van der Waals surface area contributed by atoms with Crippen molar-refractivity contribution in [1.82, 2.24) is 29.5 Å². The minimum atomic E-state index is 0.188. The molecule has 2 aromatic heterocycles. The molecule has 2 saturated carbocycles. The van der Waals surface area contributed by atoms with Crippen LogP contribution in [0.4, 0.5) is 5.82 Å². The molecule has 2 aliphatic carbocycles. The van der Waals surface area contributed by atoms with E-state index in [1.807, 2.05) is 59.5 Å². The molecule has 200 valence electrons. The number of nitrogens with zero attached hydrogens (tertiary/aromatic N) is 6. The maximum absolute atomic E-state index is 11.7. The largest absolute Gasteiger partial charge is 0.457 e. The molecule has 0 bridgehead atoms. The Kier molecular flexibility index (Phi) is 5.77. The van der Waals surface area contributed by atoms with Gasteiger partial charge < -0.3 is 15.4 Å². The topological polar surface area (TPSA) is 102 Å². The van der Waals surface area contributed by atoms with E-state index in [4.69, 9.17) is 15.6 Å². The third kappa shape index (κ3) is 4.30. The van der Waals surface area contributed by atoms with E-state index in [-0.39, 0.29) is 5.91 Å². The molecule has 9 nitrogen and oxygen atoms in total. The first-order valence-electron chi connectivity index (χ1n) is 13.8. The molecule has 9 heteroatoms. The average molecular weight is 524 g/mol. The van der Waals surface area contributed by atoms with Crippen LogP contribution in [0.25, 0.3) is 22.3 Å². The summed E-state index contributed by atoms with van der Waals surface area (Å²) in [7, 11) is 0. The van der Waals surface area contributed by atoms with Crippen molar-refractivity contribution >= 4 is 22.8 Å². The Morgan fingerprint density at radius 2 is 1.56 bits per heavy atom. The highest BCUT2D eigenvalue weighted by Gasteiger charge is 2.55. The summed E-state index contributed by atoms with van der Waals surface area (Å²) in [5.74, 6) is 2.20. The van der Waals surface area contributed by atoms with Crippen LogP contribution < -0.4 is 10.5 Å². The van der Waals surface area contributed by atoms with Gasteiger partial charge in [-0.2, -0.15) is 5.10 Å². The fraction of sp³-hybridized carbons (Fsp3) is 0.400. The molecule has 1 aliphatic heterocycles. The second kappa shape index (κ2) is 9.34. The Morgan fingerprint density at radius 3 is 2.26 bits per heavy atom. The SMILES string of the molecule is CC(=O)N1CCN(C2CC3(C2)CC(n2nc(-c4ccc(Oc5ccccc5)cc4)c4c(N)ncnc42)C3)CC1. The second-order valence-electron chi connectivity index (χ2n) is 11.4. The normalized spacial score (nSPS) is 24.9. The zero-order valence-electron chi connectivity index (χ0n) is 22.2. The van der Waals surface area contributed by atoms with Crippen molar-refractivity contribution < 1.29 is 9.53 Å². The van der Waals surface area contributed by atoms with E-state index >= 15 is 0 Å². The van der Waals surface area contributed by atoms with Crippen LogP contribution in [0.3, 0.4) is 0 Å². The van der Waals surface area contributed by atoms with Gasteiger partial charge in [0.2, 0.25) is 5.91 Å². The Balaban J connectivity index is 1.06. The summed E-state index contributed by atoms with van der Waals surface area (Å²) in [6.45, 7) is 5.35. The van der Waals surface area contributed by atoms with Crippen molar-refractivity contribution in [2.24, 2.45) is 5.41 Å². The molecule has 0 atom stereocenters. The van der Waals surface area contributed by atoms with Gasteiger partial charge >= 0.3 is 0 Å². The molecular formula is C30H33N7O2. The lowest BCUT2D eigenvalue weighted by Crippen LogP contribution is -2.60. The maximum Gasteiger partial charge on any atom is 0.219 e. The quantitative estimate of drug-likeness (QED) is 0.410. The highest BCUT2D eigenvalue weighted by molar-refractivity contribution is 5.98. The van der Waals surface area contributed by atoms with Crippen molar-refractivity contribution in [2.45, 2.75) is 44.7 Å². The van der Waals surface area contributed by atoms with Crippen molar-refractivity contribution in [3.63, 3.8) is 0 Å². The van der Waals surface area contributed by atoms with Crippen LogP contribution in [0.1, 0.15) is 38.6 Å².